The number of halogens is 1. The van der Waals surface area contributed by atoms with Crippen molar-refractivity contribution in [1.82, 2.24) is 4.90 Å². The molecule has 1 saturated heterocycles. The van der Waals surface area contributed by atoms with Crippen molar-refractivity contribution >= 4 is 23.3 Å². The number of benzene rings is 1. The van der Waals surface area contributed by atoms with Gasteiger partial charge in [0.15, 0.2) is 0 Å². The van der Waals surface area contributed by atoms with E-state index >= 15 is 0 Å². The second-order valence-electron chi connectivity index (χ2n) is 5.49. The highest BCUT2D eigenvalue weighted by Gasteiger charge is 2.46. The number of hydrogen-bond acceptors (Lipinski definition) is 4. The van der Waals surface area contributed by atoms with Crippen LogP contribution in [-0.2, 0) is 9.53 Å². The number of carbonyl (C=O) groups excluding carboxylic acids is 1. The van der Waals surface area contributed by atoms with E-state index in [-0.39, 0.29) is 5.97 Å². The van der Waals surface area contributed by atoms with Crippen LogP contribution in [0.2, 0.25) is 5.02 Å². The van der Waals surface area contributed by atoms with Crippen LogP contribution in [0.25, 0.3) is 0 Å². The molecule has 0 saturated carbocycles. The van der Waals surface area contributed by atoms with Crippen LogP contribution in [0.4, 0.5) is 5.69 Å². The summed E-state index contributed by atoms with van der Waals surface area (Å²) in [5.74, 6) is -0.236. The number of para-hydroxylation sites is 1. The van der Waals surface area contributed by atoms with E-state index in [0.717, 1.165) is 12.2 Å². The van der Waals surface area contributed by atoms with Crippen LogP contribution < -0.4 is 5.32 Å². The molecule has 110 valence electrons. The molecule has 1 aliphatic heterocycles. The zero-order valence-electron chi connectivity index (χ0n) is 12.1. The van der Waals surface area contributed by atoms with Crippen molar-refractivity contribution in [3.8, 4) is 0 Å². The minimum absolute atomic E-state index is 0.236. The van der Waals surface area contributed by atoms with Crippen molar-refractivity contribution in [2.24, 2.45) is 0 Å². The average molecular weight is 297 g/mol. The third-order valence-corrected chi connectivity index (χ3v) is 4.18. The van der Waals surface area contributed by atoms with Crippen LogP contribution in [0, 0.1) is 0 Å². The fourth-order valence-corrected chi connectivity index (χ4v) is 2.80. The second kappa shape index (κ2) is 6.02. The maximum absolute atomic E-state index is 12.3. The van der Waals surface area contributed by atoms with Crippen molar-refractivity contribution in [2.75, 3.05) is 25.5 Å². The monoisotopic (exact) mass is 296 g/mol. The molecule has 0 spiro atoms. The highest BCUT2D eigenvalue weighted by atomic mass is 35.5. The van der Waals surface area contributed by atoms with E-state index in [4.69, 9.17) is 16.3 Å². The molecule has 20 heavy (non-hydrogen) atoms. The SMILES string of the molecule is COC(=O)C1(Nc2ccccc2Cl)CCN(C(C)C)C1. The smallest absolute Gasteiger partial charge is 0.332 e. The second-order valence-corrected chi connectivity index (χ2v) is 5.90. The Labute approximate surface area is 125 Å². The first-order valence-corrected chi connectivity index (χ1v) is 7.21. The number of nitrogens with one attached hydrogen (secondary N) is 1. The van der Waals surface area contributed by atoms with E-state index in [9.17, 15) is 4.79 Å². The molecule has 0 aliphatic carbocycles. The lowest BCUT2D eigenvalue weighted by molar-refractivity contribution is -0.145. The number of methoxy groups -OCH3 is 1. The topological polar surface area (TPSA) is 41.6 Å². The molecule has 1 aromatic carbocycles. The first-order chi connectivity index (χ1) is 9.48. The summed E-state index contributed by atoms with van der Waals surface area (Å²) < 4.78 is 5.01. The van der Waals surface area contributed by atoms with Gasteiger partial charge in [0.1, 0.15) is 5.54 Å². The Morgan fingerprint density at radius 1 is 1.45 bits per heavy atom. The summed E-state index contributed by atoms with van der Waals surface area (Å²) in [7, 11) is 1.43. The molecule has 0 bridgehead atoms. The Morgan fingerprint density at radius 2 is 2.15 bits per heavy atom. The van der Waals surface area contributed by atoms with Gasteiger partial charge in [0.05, 0.1) is 17.8 Å². The molecule has 0 aromatic heterocycles. The molecule has 2 rings (SSSR count). The number of likely N-dealkylation sites (tertiary alicyclic amines) is 1. The number of hydrogen-bond donors (Lipinski definition) is 1. The summed E-state index contributed by atoms with van der Waals surface area (Å²) in [5.41, 5.74) is 0.0504. The van der Waals surface area contributed by atoms with Gasteiger partial charge in [-0.05, 0) is 32.4 Å². The minimum atomic E-state index is -0.718. The standard InChI is InChI=1S/C15H21ClN2O2/c1-11(2)18-9-8-15(10-18,14(19)20-3)17-13-7-5-4-6-12(13)16/h4-7,11,17H,8-10H2,1-3H3. The van der Waals surface area contributed by atoms with Crippen molar-refractivity contribution in [1.29, 1.82) is 0 Å². The summed E-state index contributed by atoms with van der Waals surface area (Å²) in [5, 5.41) is 3.92. The number of rotatable bonds is 4. The summed E-state index contributed by atoms with van der Waals surface area (Å²) in [6.45, 7) is 5.75. The molecule has 1 aromatic rings. The largest absolute Gasteiger partial charge is 0.467 e. The lowest BCUT2D eigenvalue weighted by atomic mass is 9.98. The van der Waals surface area contributed by atoms with Crippen LogP contribution in [0.1, 0.15) is 20.3 Å². The molecule has 1 fully saturated rings. The molecule has 4 nitrogen and oxygen atoms in total. The van der Waals surface area contributed by atoms with Gasteiger partial charge in [0.2, 0.25) is 0 Å². The molecule has 1 atom stereocenters. The predicted molar refractivity (Wildman–Crippen MR) is 81.1 cm³/mol. The van der Waals surface area contributed by atoms with Crippen LogP contribution >= 0.6 is 11.6 Å². The Morgan fingerprint density at radius 3 is 2.70 bits per heavy atom. The Balaban J connectivity index is 2.26. The van der Waals surface area contributed by atoms with Crippen LogP contribution in [0.3, 0.4) is 0 Å². The maximum atomic E-state index is 12.3. The number of ether oxygens (including phenoxy) is 1. The highest BCUT2D eigenvalue weighted by Crippen LogP contribution is 2.31. The van der Waals surface area contributed by atoms with E-state index in [1.165, 1.54) is 7.11 Å². The Bertz CT molecular complexity index is 493. The van der Waals surface area contributed by atoms with Gasteiger partial charge in [-0.2, -0.15) is 0 Å². The van der Waals surface area contributed by atoms with Gasteiger partial charge < -0.3 is 10.1 Å². The third kappa shape index (κ3) is 2.91. The van der Waals surface area contributed by atoms with Gasteiger partial charge in [0, 0.05) is 19.1 Å². The van der Waals surface area contributed by atoms with E-state index in [0.29, 0.717) is 24.0 Å². The number of nitrogens with zero attached hydrogens (tertiary/aromatic N) is 1. The molecule has 1 aliphatic rings. The normalized spacial score (nSPS) is 23.1. The summed E-state index contributed by atoms with van der Waals surface area (Å²) >= 11 is 6.18. The van der Waals surface area contributed by atoms with Gasteiger partial charge in [-0.25, -0.2) is 4.79 Å². The Kier molecular flexibility index (Phi) is 4.55. The maximum Gasteiger partial charge on any atom is 0.332 e. The zero-order chi connectivity index (χ0) is 14.8. The highest BCUT2D eigenvalue weighted by molar-refractivity contribution is 6.33. The van der Waals surface area contributed by atoms with Crippen molar-refractivity contribution in [3.63, 3.8) is 0 Å². The average Bonchev–Trinajstić information content (AvgIpc) is 2.86. The van der Waals surface area contributed by atoms with E-state index in [1.54, 1.807) is 0 Å². The molecule has 1 heterocycles. The van der Waals surface area contributed by atoms with Gasteiger partial charge in [-0.1, -0.05) is 23.7 Å². The fraction of sp³-hybridized carbons (Fsp3) is 0.533. The van der Waals surface area contributed by atoms with Gasteiger partial charge in [-0.3, -0.25) is 4.90 Å². The molecule has 0 amide bonds. The van der Waals surface area contributed by atoms with Gasteiger partial charge >= 0.3 is 5.97 Å². The molecule has 5 heteroatoms. The molecule has 1 N–H and O–H groups in total. The predicted octanol–water partition coefficient (Wildman–Crippen LogP) is 2.78. The number of esters is 1. The van der Waals surface area contributed by atoms with E-state index < -0.39 is 5.54 Å². The van der Waals surface area contributed by atoms with E-state index in [1.807, 2.05) is 24.3 Å². The first-order valence-electron chi connectivity index (χ1n) is 6.84. The van der Waals surface area contributed by atoms with Crippen molar-refractivity contribution in [3.05, 3.63) is 29.3 Å². The van der Waals surface area contributed by atoms with Gasteiger partial charge in [0.25, 0.3) is 0 Å². The third-order valence-electron chi connectivity index (χ3n) is 3.85. The quantitative estimate of drug-likeness (QED) is 0.868. The first kappa shape index (κ1) is 15.1. The zero-order valence-corrected chi connectivity index (χ0v) is 12.9. The fourth-order valence-electron chi connectivity index (χ4n) is 2.62. The van der Waals surface area contributed by atoms with Gasteiger partial charge in [-0.15, -0.1) is 0 Å². The summed E-state index contributed by atoms with van der Waals surface area (Å²) in [6, 6.07) is 7.85. The molecule has 1 unspecified atom stereocenters. The lowest BCUT2D eigenvalue weighted by Crippen LogP contribution is -2.50. The van der Waals surface area contributed by atoms with Crippen LogP contribution in [0.5, 0.6) is 0 Å². The summed E-state index contributed by atoms with van der Waals surface area (Å²) in [4.78, 5) is 14.5. The molecular formula is C15H21ClN2O2. The van der Waals surface area contributed by atoms with Crippen molar-refractivity contribution < 1.29 is 9.53 Å². The molecular weight excluding hydrogens is 276 g/mol. The van der Waals surface area contributed by atoms with E-state index in [2.05, 4.69) is 24.1 Å². The lowest BCUT2D eigenvalue weighted by Gasteiger charge is -2.30. The van der Waals surface area contributed by atoms with Crippen LogP contribution in [0.15, 0.2) is 24.3 Å². The Hall–Kier alpha value is -1.26. The summed E-state index contributed by atoms with van der Waals surface area (Å²) in [6.07, 6.45) is 0.711. The van der Waals surface area contributed by atoms with Crippen molar-refractivity contribution in [2.45, 2.75) is 31.8 Å². The number of anilines is 1. The van der Waals surface area contributed by atoms with Crippen LogP contribution in [-0.4, -0.2) is 42.6 Å². The number of carbonyl (C=O) groups is 1. The molecule has 0 radical (unpaired) electrons. The minimum Gasteiger partial charge on any atom is -0.467 e.